The molecule has 110 valence electrons. The molecule has 0 amide bonds. The summed E-state index contributed by atoms with van der Waals surface area (Å²) in [7, 11) is 0. The maximum Gasteiger partial charge on any atom is 0.443 e. The van der Waals surface area contributed by atoms with Gasteiger partial charge in [0, 0.05) is 42.8 Å². The van der Waals surface area contributed by atoms with Crippen molar-refractivity contribution in [1.29, 1.82) is 0 Å². The lowest BCUT2D eigenvalue weighted by Crippen LogP contribution is -2.53. The number of nitrogens with one attached hydrogen (secondary N) is 1. The summed E-state index contributed by atoms with van der Waals surface area (Å²) in [5.41, 5.74) is 0. The fourth-order valence-corrected chi connectivity index (χ4v) is 2.83. The van der Waals surface area contributed by atoms with Crippen LogP contribution in [0.3, 0.4) is 0 Å². The molecular formula is C11H17ClF3N3S. The summed E-state index contributed by atoms with van der Waals surface area (Å²) in [5.74, 6) is 0. The maximum atomic E-state index is 12.4. The second-order valence-corrected chi connectivity index (χ2v) is 5.83. The summed E-state index contributed by atoms with van der Waals surface area (Å²) >= 11 is 0.739. The van der Waals surface area contributed by atoms with Gasteiger partial charge in [-0.3, -0.25) is 4.90 Å². The van der Waals surface area contributed by atoms with Crippen molar-refractivity contribution in [1.82, 2.24) is 15.2 Å². The van der Waals surface area contributed by atoms with E-state index in [0.29, 0.717) is 23.5 Å². The van der Waals surface area contributed by atoms with E-state index in [1.54, 1.807) is 0 Å². The van der Waals surface area contributed by atoms with Gasteiger partial charge in [-0.2, -0.15) is 13.2 Å². The first-order valence-corrected chi connectivity index (χ1v) is 6.67. The van der Waals surface area contributed by atoms with E-state index in [-0.39, 0.29) is 12.4 Å². The molecule has 1 saturated heterocycles. The van der Waals surface area contributed by atoms with Crippen LogP contribution in [-0.2, 0) is 12.7 Å². The van der Waals surface area contributed by atoms with E-state index < -0.39 is 11.2 Å². The van der Waals surface area contributed by atoms with Crippen LogP contribution >= 0.6 is 23.7 Å². The molecule has 0 radical (unpaired) electrons. The lowest BCUT2D eigenvalue weighted by molar-refractivity contribution is -0.137. The average Bonchev–Trinajstić information content (AvgIpc) is 2.71. The predicted octanol–water partition coefficient (Wildman–Crippen LogP) is 2.77. The molecule has 2 rings (SSSR count). The molecule has 1 N–H and O–H groups in total. The maximum absolute atomic E-state index is 12.4. The van der Waals surface area contributed by atoms with Crippen molar-refractivity contribution in [2.45, 2.75) is 38.7 Å². The van der Waals surface area contributed by atoms with Crippen LogP contribution < -0.4 is 5.32 Å². The summed E-state index contributed by atoms with van der Waals surface area (Å²) in [6.07, 6.45) is -2.99. The first-order chi connectivity index (χ1) is 8.36. The minimum atomic E-state index is -4.33. The van der Waals surface area contributed by atoms with Gasteiger partial charge in [0.25, 0.3) is 0 Å². The van der Waals surface area contributed by atoms with Crippen LogP contribution in [0.5, 0.6) is 0 Å². The summed E-state index contributed by atoms with van der Waals surface area (Å²) in [4.78, 5) is 6.31. The number of thiazole rings is 1. The Morgan fingerprint density at radius 3 is 2.74 bits per heavy atom. The number of rotatable bonds is 2. The zero-order valence-electron chi connectivity index (χ0n) is 10.7. The highest BCUT2D eigenvalue weighted by molar-refractivity contribution is 7.11. The van der Waals surface area contributed by atoms with Crippen LogP contribution in [0.15, 0.2) is 6.20 Å². The van der Waals surface area contributed by atoms with Crippen molar-refractivity contribution in [2.24, 2.45) is 0 Å². The smallest absolute Gasteiger partial charge is 0.311 e. The molecule has 1 aromatic heterocycles. The van der Waals surface area contributed by atoms with Crippen LogP contribution in [0.25, 0.3) is 0 Å². The average molecular weight is 316 g/mol. The Bertz CT molecular complexity index is 410. The first kappa shape index (κ1) is 16.7. The standard InChI is InChI=1S/C11H16F3N3S.ClH/c1-7-5-17(8(2)3-15-7)6-9-4-16-10(18-9)11(12,13)14;/h4,7-8,15H,3,5-6H2,1-2H3;1H. The molecule has 19 heavy (non-hydrogen) atoms. The number of hydrogen-bond acceptors (Lipinski definition) is 4. The quantitative estimate of drug-likeness (QED) is 0.909. The number of alkyl halides is 3. The SMILES string of the molecule is CC1CN(Cc2cnc(C(F)(F)F)s2)C(C)CN1.Cl. The molecule has 0 bridgehead atoms. The van der Waals surface area contributed by atoms with Crippen molar-refractivity contribution in [3.8, 4) is 0 Å². The normalized spacial score (nSPS) is 25.1. The molecular weight excluding hydrogens is 299 g/mol. The second-order valence-electron chi connectivity index (χ2n) is 4.72. The van der Waals surface area contributed by atoms with E-state index >= 15 is 0 Å². The Kier molecular flexibility index (Phi) is 5.61. The van der Waals surface area contributed by atoms with Gasteiger partial charge in [0.05, 0.1) is 0 Å². The molecule has 1 aromatic rings. The van der Waals surface area contributed by atoms with Gasteiger partial charge >= 0.3 is 6.18 Å². The summed E-state index contributed by atoms with van der Waals surface area (Å²) in [6.45, 7) is 6.41. The summed E-state index contributed by atoms with van der Waals surface area (Å²) < 4.78 is 37.3. The van der Waals surface area contributed by atoms with Crippen LogP contribution in [0.4, 0.5) is 13.2 Å². The Labute approximate surface area is 120 Å². The van der Waals surface area contributed by atoms with Crippen LogP contribution in [0.1, 0.15) is 23.7 Å². The minimum Gasteiger partial charge on any atom is -0.311 e. The lowest BCUT2D eigenvalue weighted by atomic mass is 10.1. The van der Waals surface area contributed by atoms with Gasteiger partial charge in [-0.15, -0.1) is 23.7 Å². The Hall–Kier alpha value is -0.370. The van der Waals surface area contributed by atoms with Crippen molar-refractivity contribution in [3.63, 3.8) is 0 Å². The summed E-state index contributed by atoms with van der Waals surface area (Å²) in [6, 6.07) is 0.703. The van der Waals surface area contributed by atoms with Gasteiger partial charge in [0.2, 0.25) is 0 Å². The van der Waals surface area contributed by atoms with Gasteiger partial charge in [0.1, 0.15) is 0 Å². The zero-order chi connectivity index (χ0) is 13.3. The molecule has 1 aliphatic heterocycles. The molecule has 1 aliphatic rings. The van der Waals surface area contributed by atoms with E-state index in [0.717, 1.165) is 24.4 Å². The fourth-order valence-electron chi connectivity index (χ4n) is 2.03. The van der Waals surface area contributed by atoms with E-state index in [9.17, 15) is 13.2 Å². The third-order valence-corrected chi connectivity index (χ3v) is 4.08. The zero-order valence-corrected chi connectivity index (χ0v) is 12.3. The number of piperazine rings is 1. The molecule has 2 unspecified atom stereocenters. The van der Waals surface area contributed by atoms with Gasteiger partial charge in [-0.25, -0.2) is 4.98 Å². The lowest BCUT2D eigenvalue weighted by Gasteiger charge is -2.37. The van der Waals surface area contributed by atoms with Gasteiger partial charge < -0.3 is 5.32 Å². The number of nitrogens with zero attached hydrogens (tertiary/aromatic N) is 2. The molecule has 0 aliphatic carbocycles. The number of aromatic nitrogens is 1. The topological polar surface area (TPSA) is 28.2 Å². The fraction of sp³-hybridized carbons (Fsp3) is 0.727. The molecule has 0 saturated carbocycles. The highest BCUT2D eigenvalue weighted by Gasteiger charge is 2.35. The Balaban J connectivity index is 0.00000180. The minimum absolute atomic E-state index is 0. The van der Waals surface area contributed by atoms with Crippen molar-refractivity contribution in [2.75, 3.05) is 13.1 Å². The highest BCUT2D eigenvalue weighted by atomic mass is 35.5. The first-order valence-electron chi connectivity index (χ1n) is 5.85. The molecule has 0 spiro atoms. The molecule has 2 heterocycles. The van der Waals surface area contributed by atoms with Gasteiger partial charge in [-0.1, -0.05) is 0 Å². The predicted molar refractivity (Wildman–Crippen MR) is 71.7 cm³/mol. The van der Waals surface area contributed by atoms with Crippen molar-refractivity contribution in [3.05, 3.63) is 16.1 Å². The van der Waals surface area contributed by atoms with Crippen molar-refractivity contribution >= 4 is 23.7 Å². The third kappa shape index (κ3) is 4.30. The van der Waals surface area contributed by atoms with E-state index in [2.05, 4.69) is 29.0 Å². The Morgan fingerprint density at radius 1 is 1.47 bits per heavy atom. The molecule has 2 atom stereocenters. The van der Waals surface area contributed by atoms with E-state index in [1.165, 1.54) is 6.20 Å². The van der Waals surface area contributed by atoms with Gasteiger partial charge in [0.15, 0.2) is 5.01 Å². The summed E-state index contributed by atoms with van der Waals surface area (Å²) in [5, 5.41) is 2.59. The van der Waals surface area contributed by atoms with E-state index in [4.69, 9.17) is 0 Å². The van der Waals surface area contributed by atoms with Crippen LogP contribution in [0.2, 0.25) is 0 Å². The molecule has 8 heteroatoms. The third-order valence-electron chi connectivity index (χ3n) is 3.05. The number of hydrogen-bond donors (Lipinski definition) is 1. The van der Waals surface area contributed by atoms with Crippen molar-refractivity contribution < 1.29 is 13.2 Å². The largest absolute Gasteiger partial charge is 0.443 e. The molecule has 1 fully saturated rings. The highest BCUT2D eigenvalue weighted by Crippen LogP contribution is 2.33. The van der Waals surface area contributed by atoms with Crippen LogP contribution in [-0.4, -0.2) is 35.1 Å². The van der Waals surface area contributed by atoms with Crippen LogP contribution in [0, 0.1) is 0 Å². The van der Waals surface area contributed by atoms with Gasteiger partial charge in [-0.05, 0) is 13.8 Å². The number of halogens is 4. The molecule has 3 nitrogen and oxygen atoms in total. The Morgan fingerprint density at radius 2 is 2.16 bits per heavy atom. The molecule has 0 aromatic carbocycles. The second kappa shape index (κ2) is 6.39. The monoisotopic (exact) mass is 315 g/mol. The van der Waals surface area contributed by atoms with E-state index in [1.807, 2.05) is 0 Å².